The van der Waals surface area contributed by atoms with E-state index in [-0.39, 0.29) is 5.56 Å². The first-order chi connectivity index (χ1) is 11.1. The van der Waals surface area contributed by atoms with Gasteiger partial charge in [-0.05, 0) is 55.0 Å². The van der Waals surface area contributed by atoms with Crippen LogP contribution in [0.1, 0.15) is 11.4 Å². The van der Waals surface area contributed by atoms with Gasteiger partial charge in [0.25, 0.3) is 5.56 Å². The number of halogens is 1. The number of methoxy groups -OCH3 is 1. The molecular weight excluding hydrogens is 358 g/mol. The fourth-order valence-corrected chi connectivity index (χ4v) is 2.57. The number of hydrogen-bond donors (Lipinski definition) is 0. The van der Waals surface area contributed by atoms with Gasteiger partial charge in [0.2, 0.25) is 0 Å². The summed E-state index contributed by atoms with van der Waals surface area (Å²) in [7, 11) is 1.62. The molecule has 5 nitrogen and oxygen atoms in total. The number of ether oxygens (including phenoxy) is 1. The predicted molar refractivity (Wildman–Crippen MR) is 94.4 cm³/mol. The highest BCUT2D eigenvalue weighted by Crippen LogP contribution is 2.16. The Labute approximate surface area is 141 Å². The van der Waals surface area contributed by atoms with E-state index in [4.69, 9.17) is 4.74 Å². The molecule has 1 heterocycles. The minimum atomic E-state index is -0.196. The largest absolute Gasteiger partial charge is 0.497 e. The van der Waals surface area contributed by atoms with Gasteiger partial charge in [-0.1, -0.05) is 15.9 Å². The molecule has 1 aromatic heterocycles. The summed E-state index contributed by atoms with van der Waals surface area (Å²) in [5, 5.41) is 4.80. The number of aromatic nitrogens is 2. The second kappa shape index (κ2) is 6.34. The van der Waals surface area contributed by atoms with Crippen LogP contribution in [-0.2, 0) is 0 Å². The van der Waals surface area contributed by atoms with Crippen LogP contribution in [0.3, 0.4) is 0 Å². The van der Waals surface area contributed by atoms with Crippen LogP contribution in [0.5, 0.6) is 5.75 Å². The average Bonchev–Trinajstić information content (AvgIpc) is 2.56. The Balaban J connectivity index is 2.05. The van der Waals surface area contributed by atoms with Gasteiger partial charge in [-0.3, -0.25) is 4.79 Å². The first-order valence-electron chi connectivity index (χ1n) is 6.96. The molecule has 0 aliphatic carbocycles. The summed E-state index contributed by atoms with van der Waals surface area (Å²) >= 11 is 3.37. The van der Waals surface area contributed by atoms with Gasteiger partial charge in [0.15, 0.2) is 0 Å². The first-order valence-corrected chi connectivity index (χ1v) is 7.75. The zero-order chi connectivity index (χ0) is 16.4. The summed E-state index contributed by atoms with van der Waals surface area (Å²) in [5.74, 6) is 1.31. The van der Waals surface area contributed by atoms with Gasteiger partial charge >= 0.3 is 0 Å². The number of rotatable bonds is 3. The zero-order valence-electron chi connectivity index (χ0n) is 12.7. The Kier molecular flexibility index (Phi) is 4.25. The van der Waals surface area contributed by atoms with Crippen LogP contribution in [0, 0.1) is 6.92 Å². The lowest BCUT2D eigenvalue weighted by atomic mass is 10.2. The molecule has 6 heteroatoms. The van der Waals surface area contributed by atoms with E-state index in [2.05, 4.69) is 26.0 Å². The number of benzene rings is 2. The molecule has 0 spiro atoms. The van der Waals surface area contributed by atoms with Crippen LogP contribution in [0.15, 0.2) is 56.8 Å². The molecule has 0 amide bonds. The smallest absolute Gasteiger partial charge is 0.282 e. The third-order valence-corrected chi connectivity index (χ3v) is 3.90. The van der Waals surface area contributed by atoms with E-state index < -0.39 is 0 Å². The number of hydrogen-bond acceptors (Lipinski definition) is 4. The SMILES string of the molecule is COc1ccc(C=Nn2c(C)nc3ccc(Br)cc3c2=O)cc1. The number of aryl methyl sites for hydroxylation is 1. The molecule has 0 radical (unpaired) electrons. The Bertz CT molecular complexity index is 946. The van der Waals surface area contributed by atoms with Crippen LogP contribution in [0.25, 0.3) is 10.9 Å². The van der Waals surface area contributed by atoms with Crippen molar-refractivity contribution < 1.29 is 4.74 Å². The molecule has 0 unspecified atom stereocenters. The van der Waals surface area contributed by atoms with Gasteiger partial charge in [-0.15, -0.1) is 0 Å². The van der Waals surface area contributed by atoms with Crippen molar-refractivity contribution in [3.8, 4) is 5.75 Å². The lowest BCUT2D eigenvalue weighted by molar-refractivity contribution is 0.415. The van der Waals surface area contributed by atoms with Crippen molar-refractivity contribution in [1.29, 1.82) is 0 Å². The molecule has 0 bridgehead atoms. The van der Waals surface area contributed by atoms with Crippen molar-refractivity contribution in [2.24, 2.45) is 5.10 Å². The molecule has 23 heavy (non-hydrogen) atoms. The lowest BCUT2D eigenvalue weighted by Crippen LogP contribution is -2.20. The number of fused-ring (bicyclic) bond motifs is 1. The third-order valence-electron chi connectivity index (χ3n) is 3.41. The first kappa shape index (κ1) is 15.4. The normalized spacial score (nSPS) is 11.3. The molecule has 0 saturated heterocycles. The Morgan fingerprint density at radius 1 is 1.22 bits per heavy atom. The maximum absolute atomic E-state index is 12.6. The summed E-state index contributed by atoms with van der Waals surface area (Å²) in [6.45, 7) is 1.76. The summed E-state index contributed by atoms with van der Waals surface area (Å²) in [6, 6.07) is 12.8. The van der Waals surface area contributed by atoms with Crippen LogP contribution in [-0.4, -0.2) is 23.0 Å². The second-order valence-electron chi connectivity index (χ2n) is 4.96. The summed E-state index contributed by atoms with van der Waals surface area (Å²) < 4.78 is 7.25. The van der Waals surface area contributed by atoms with Crippen molar-refractivity contribution >= 4 is 33.0 Å². The third kappa shape index (κ3) is 3.17. The maximum atomic E-state index is 12.6. The van der Waals surface area contributed by atoms with Gasteiger partial charge < -0.3 is 4.74 Å². The molecule has 0 aliphatic rings. The van der Waals surface area contributed by atoms with Crippen LogP contribution in [0.2, 0.25) is 0 Å². The maximum Gasteiger partial charge on any atom is 0.282 e. The van der Waals surface area contributed by atoms with E-state index >= 15 is 0 Å². The summed E-state index contributed by atoms with van der Waals surface area (Å²) in [4.78, 5) is 17.0. The highest BCUT2D eigenvalue weighted by Gasteiger charge is 2.07. The zero-order valence-corrected chi connectivity index (χ0v) is 14.2. The van der Waals surface area contributed by atoms with Gasteiger partial charge in [0.05, 0.1) is 24.2 Å². The van der Waals surface area contributed by atoms with Gasteiger partial charge in [0, 0.05) is 4.47 Å². The molecule has 0 N–H and O–H groups in total. The van der Waals surface area contributed by atoms with E-state index in [0.29, 0.717) is 16.7 Å². The lowest BCUT2D eigenvalue weighted by Gasteiger charge is -2.05. The standard InChI is InChI=1S/C17H14BrN3O2/c1-11-20-16-8-5-13(18)9-15(16)17(22)21(11)19-10-12-3-6-14(23-2)7-4-12/h3-10H,1-2H3. The molecule has 0 aliphatic heterocycles. The highest BCUT2D eigenvalue weighted by molar-refractivity contribution is 9.10. The van der Waals surface area contributed by atoms with Gasteiger partial charge in [0.1, 0.15) is 11.6 Å². The molecule has 116 valence electrons. The molecule has 0 atom stereocenters. The van der Waals surface area contributed by atoms with Crippen molar-refractivity contribution in [3.05, 3.63) is 68.7 Å². The molecule has 3 rings (SSSR count). The topological polar surface area (TPSA) is 56.5 Å². The van der Waals surface area contributed by atoms with E-state index in [1.54, 1.807) is 26.3 Å². The van der Waals surface area contributed by atoms with Crippen LogP contribution >= 0.6 is 15.9 Å². The van der Waals surface area contributed by atoms with E-state index in [9.17, 15) is 4.79 Å². The fraction of sp³-hybridized carbons (Fsp3) is 0.118. The monoisotopic (exact) mass is 371 g/mol. The van der Waals surface area contributed by atoms with Crippen molar-refractivity contribution in [1.82, 2.24) is 9.66 Å². The molecule has 0 saturated carbocycles. The van der Waals surface area contributed by atoms with E-state index in [0.717, 1.165) is 15.8 Å². The number of nitrogens with zero attached hydrogens (tertiary/aromatic N) is 3. The Morgan fingerprint density at radius 3 is 2.65 bits per heavy atom. The van der Waals surface area contributed by atoms with Crippen molar-refractivity contribution in [2.45, 2.75) is 6.92 Å². The highest BCUT2D eigenvalue weighted by atomic mass is 79.9. The second-order valence-corrected chi connectivity index (χ2v) is 5.87. The molecule has 3 aromatic rings. The summed E-state index contributed by atoms with van der Waals surface area (Å²) in [5.41, 5.74) is 1.33. The molecule has 2 aromatic carbocycles. The van der Waals surface area contributed by atoms with E-state index in [1.165, 1.54) is 4.68 Å². The minimum Gasteiger partial charge on any atom is -0.497 e. The molecule has 0 fully saturated rings. The molecular formula is C17H14BrN3O2. The fourth-order valence-electron chi connectivity index (χ4n) is 2.21. The van der Waals surface area contributed by atoms with E-state index in [1.807, 2.05) is 36.4 Å². The van der Waals surface area contributed by atoms with Crippen molar-refractivity contribution in [2.75, 3.05) is 7.11 Å². The summed E-state index contributed by atoms with van der Waals surface area (Å²) in [6.07, 6.45) is 1.62. The quantitative estimate of drug-likeness (QED) is 0.663. The van der Waals surface area contributed by atoms with Gasteiger partial charge in [-0.25, -0.2) is 4.98 Å². The Morgan fingerprint density at radius 2 is 1.96 bits per heavy atom. The Hall–Kier alpha value is -2.47. The van der Waals surface area contributed by atoms with Gasteiger partial charge in [-0.2, -0.15) is 9.78 Å². The van der Waals surface area contributed by atoms with Crippen LogP contribution < -0.4 is 10.3 Å². The minimum absolute atomic E-state index is 0.196. The average molecular weight is 372 g/mol. The van der Waals surface area contributed by atoms with Crippen molar-refractivity contribution in [3.63, 3.8) is 0 Å². The van der Waals surface area contributed by atoms with Crippen LogP contribution in [0.4, 0.5) is 0 Å². The predicted octanol–water partition coefficient (Wildman–Crippen LogP) is 3.36.